The van der Waals surface area contributed by atoms with Gasteiger partial charge in [-0.1, -0.05) is 18.2 Å². The fourth-order valence-electron chi connectivity index (χ4n) is 4.35. The average Bonchev–Trinajstić information content (AvgIpc) is 3.34. The van der Waals surface area contributed by atoms with Crippen LogP contribution in [0.25, 0.3) is 11.0 Å². The molecule has 10 heteroatoms. The minimum atomic E-state index is -1.14. The first-order valence-electron chi connectivity index (χ1n) is 10.1. The summed E-state index contributed by atoms with van der Waals surface area (Å²) in [6, 6.07) is 9.88. The number of nitrogens with two attached hydrogens (primary N) is 1. The van der Waals surface area contributed by atoms with Gasteiger partial charge in [-0.15, -0.1) is 0 Å². The number of carbonyl (C=O) groups is 1. The predicted octanol–water partition coefficient (Wildman–Crippen LogP) is 2.90. The van der Waals surface area contributed by atoms with Crippen molar-refractivity contribution >= 4 is 17.1 Å². The van der Waals surface area contributed by atoms with Gasteiger partial charge in [0.1, 0.15) is 11.9 Å². The molecule has 3 N–H and O–H groups in total. The first-order chi connectivity index (χ1) is 15.5. The molecule has 1 aliphatic heterocycles. The standard InChI is InChI=1S/C22H20FN7O2/c23-15-7-2-1-5-13(15)12-29-21-14(6-3-8-27-21)18(28-29)17-11-16(24)19(30(17)22(31)32)20-25-9-4-10-26-20/h1-10,16-17,19H,11-12,24H2,(H,31,32). The van der Waals surface area contributed by atoms with Gasteiger partial charge in [0.2, 0.25) is 0 Å². The summed E-state index contributed by atoms with van der Waals surface area (Å²) in [5, 5.41) is 15.4. The molecule has 0 radical (unpaired) electrons. The predicted molar refractivity (Wildman–Crippen MR) is 113 cm³/mol. The van der Waals surface area contributed by atoms with Gasteiger partial charge in [-0.3, -0.25) is 4.90 Å². The Balaban J connectivity index is 1.60. The Morgan fingerprint density at radius 1 is 1.09 bits per heavy atom. The molecule has 5 rings (SSSR count). The molecule has 3 unspecified atom stereocenters. The van der Waals surface area contributed by atoms with Crippen molar-refractivity contribution in [2.75, 3.05) is 0 Å². The van der Waals surface area contributed by atoms with Gasteiger partial charge in [-0.2, -0.15) is 5.10 Å². The molecule has 0 aliphatic carbocycles. The summed E-state index contributed by atoms with van der Waals surface area (Å²) in [5.74, 6) is 0.00286. The van der Waals surface area contributed by atoms with E-state index in [0.717, 1.165) is 0 Å². The Labute approximate surface area is 182 Å². The molecule has 1 aromatic carbocycles. The monoisotopic (exact) mass is 433 g/mol. The Kier molecular flexibility index (Phi) is 4.98. The zero-order valence-electron chi connectivity index (χ0n) is 16.9. The zero-order valence-corrected chi connectivity index (χ0v) is 16.9. The van der Waals surface area contributed by atoms with Gasteiger partial charge in [0.25, 0.3) is 0 Å². The lowest BCUT2D eigenvalue weighted by atomic mass is 10.1. The highest BCUT2D eigenvalue weighted by Crippen LogP contribution is 2.43. The maximum Gasteiger partial charge on any atom is 0.408 e. The molecule has 9 nitrogen and oxygen atoms in total. The van der Waals surface area contributed by atoms with Crippen LogP contribution in [0.3, 0.4) is 0 Å². The van der Waals surface area contributed by atoms with Crippen molar-refractivity contribution in [3.8, 4) is 0 Å². The van der Waals surface area contributed by atoms with Crippen LogP contribution < -0.4 is 5.73 Å². The second kappa shape index (κ2) is 7.97. The van der Waals surface area contributed by atoms with Crippen LogP contribution in [0.15, 0.2) is 61.1 Å². The van der Waals surface area contributed by atoms with E-state index in [-0.39, 0.29) is 12.4 Å². The molecule has 162 valence electrons. The number of likely N-dealkylation sites (tertiary alicyclic amines) is 1. The Morgan fingerprint density at radius 3 is 2.59 bits per heavy atom. The highest BCUT2D eigenvalue weighted by molar-refractivity contribution is 5.80. The summed E-state index contributed by atoms with van der Waals surface area (Å²) < 4.78 is 15.9. The first kappa shape index (κ1) is 20.0. The SMILES string of the molecule is NC1CC(c2nn(Cc3ccccc3F)c3ncccc23)N(C(=O)O)C1c1ncccn1. The quantitative estimate of drug-likeness (QED) is 0.507. The maximum atomic E-state index is 14.3. The number of rotatable bonds is 4. The molecule has 4 heterocycles. The van der Waals surface area contributed by atoms with Crippen LogP contribution in [0.4, 0.5) is 9.18 Å². The number of halogens is 1. The number of benzene rings is 1. The third kappa shape index (κ3) is 3.34. The first-order valence-corrected chi connectivity index (χ1v) is 10.1. The number of pyridine rings is 1. The van der Waals surface area contributed by atoms with E-state index in [4.69, 9.17) is 5.73 Å². The van der Waals surface area contributed by atoms with Gasteiger partial charge in [0.05, 0.1) is 18.3 Å². The molecule has 0 spiro atoms. The van der Waals surface area contributed by atoms with Crippen molar-refractivity contribution in [3.63, 3.8) is 0 Å². The molecule has 1 saturated heterocycles. The van der Waals surface area contributed by atoms with E-state index in [9.17, 15) is 14.3 Å². The maximum absolute atomic E-state index is 14.3. The van der Waals surface area contributed by atoms with E-state index >= 15 is 0 Å². The Bertz CT molecular complexity index is 1280. The van der Waals surface area contributed by atoms with Gasteiger partial charge in [-0.05, 0) is 30.7 Å². The van der Waals surface area contributed by atoms with Crippen LogP contribution in [0.1, 0.15) is 35.6 Å². The summed E-state index contributed by atoms with van der Waals surface area (Å²) in [6.07, 6.45) is 3.95. The third-order valence-corrected chi connectivity index (χ3v) is 5.74. The van der Waals surface area contributed by atoms with Crippen LogP contribution in [0.2, 0.25) is 0 Å². The number of nitrogens with zero attached hydrogens (tertiary/aromatic N) is 6. The van der Waals surface area contributed by atoms with Crippen molar-refractivity contribution in [3.05, 3.63) is 84.0 Å². The summed E-state index contributed by atoms with van der Waals surface area (Å²) in [6.45, 7) is 0.164. The number of hydrogen-bond acceptors (Lipinski definition) is 6. The molecular formula is C22H20FN7O2. The second-order valence-corrected chi connectivity index (χ2v) is 7.67. The van der Waals surface area contributed by atoms with E-state index in [1.165, 1.54) is 11.0 Å². The van der Waals surface area contributed by atoms with Crippen LogP contribution in [0, 0.1) is 5.82 Å². The molecule has 1 amide bonds. The largest absolute Gasteiger partial charge is 0.465 e. The zero-order chi connectivity index (χ0) is 22.2. The third-order valence-electron chi connectivity index (χ3n) is 5.74. The van der Waals surface area contributed by atoms with E-state index < -0.39 is 24.2 Å². The normalized spacial score (nSPS) is 20.7. The molecule has 3 aromatic heterocycles. The Morgan fingerprint density at radius 2 is 1.84 bits per heavy atom. The van der Waals surface area contributed by atoms with Gasteiger partial charge in [0.15, 0.2) is 11.5 Å². The van der Waals surface area contributed by atoms with E-state index in [2.05, 4.69) is 20.1 Å². The lowest BCUT2D eigenvalue weighted by Crippen LogP contribution is -2.37. The van der Waals surface area contributed by atoms with Gasteiger partial charge in [-0.25, -0.2) is 28.8 Å². The van der Waals surface area contributed by atoms with Crippen LogP contribution >= 0.6 is 0 Å². The summed E-state index contributed by atoms with van der Waals surface area (Å²) in [7, 11) is 0. The molecule has 3 atom stereocenters. The summed E-state index contributed by atoms with van der Waals surface area (Å²) in [4.78, 5) is 26.5. The van der Waals surface area contributed by atoms with Crippen molar-refractivity contribution in [1.29, 1.82) is 0 Å². The molecule has 4 aromatic rings. The minimum absolute atomic E-state index is 0.164. The smallest absolute Gasteiger partial charge is 0.408 e. The summed E-state index contributed by atoms with van der Waals surface area (Å²) >= 11 is 0. The molecule has 0 bridgehead atoms. The van der Waals surface area contributed by atoms with Crippen molar-refractivity contribution in [2.24, 2.45) is 5.73 Å². The molecular weight excluding hydrogens is 413 g/mol. The highest BCUT2D eigenvalue weighted by Gasteiger charge is 2.47. The molecule has 1 aliphatic rings. The van der Waals surface area contributed by atoms with Crippen LogP contribution in [-0.4, -0.2) is 46.9 Å². The fourth-order valence-corrected chi connectivity index (χ4v) is 4.35. The number of carboxylic acid groups (broad SMARTS) is 1. The topological polar surface area (TPSA) is 123 Å². The molecule has 1 fully saturated rings. The van der Waals surface area contributed by atoms with Crippen molar-refractivity contribution in [1.82, 2.24) is 29.6 Å². The highest BCUT2D eigenvalue weighted by atomic mass is 19.1. The van der Waals surface area contributed by atoms with Crippen molar-refractivity contribution in [2.45, 2.75) is 31.1 Å². The number of aromatic nitrogens is 5. The number of hydrogen-bond donors (Lipinski definition) is 2. The van der Waals surface area contributed by atoms with Crippen molar-refractivity contribution < 1.29 is 14.3 Å². The fraction of sp³-hybridized carbons (Fsp3) is 0.227. The van der Waals surface area contributed by atoms with E-state index in [1.807, 2.05) is 6.07 Å². The Hall–Kier alpha value is -3.92. The summed E-state index contributed by atoms with van der Waals surface area (Å²) in [5.41, 5.74) is 7.91. The number of fused-ring (bicyclic) bond motifs is 1. The second-order valence-electron chi connectivity index (χ2n) is 7.67. The minimum Gasteiger partial charge on any atom is -0.465 e. The van der Waals surface area contributed by atoms with Gasteiger partial charge < -0.3 is 10.8 Å². The lowest BCUT2D eigenvalue weighted by Gasteiger charge is -2.26. The molecule has 32 heavy (non-hydrogen) atoms. The van der Waals surface area contributed by atoms with Gasteiger partial charge in [0, 0.05) is 35.6 Å². The van der Waals surface area contributed by atoms with E-state index in [0.29, 0.717) is 34.5 Å². The van der Waals surface area contributed by atoms with Crippen LogP contribution in [-0.2, 0) is 6.54 Å². The van der Waals surface area contributed by atoms with Gasteiger partial charge >= 0.3 is 6.09 Å². The van der Waals surface area contributed by atoms with E-state index in [1.54, 1.807) is 53.6 Å². The molecule has 0 saturated carbocycles. The average molecular weight is 433 g/mol. The lowest BCUT2D eigenvalue weighted by molar-refractivity contribution is 0.117. The van der Waals surface area contributed by atoms with Crippen LogP contribution in [0.5, 0.6) is 0 Å². The number of amides is 1.